The first-order valence-corrected chi connectivity index (χ1v) is 12.0. The maximum Gasteiger partial charge on any atom is 0.279 e. The van der Waals surface area contributed by atoms with E-state index < -0.39 is 6.10 Å². The molecule has 0 aliphatic carbocycles. The Balaban J connectivity index is 1.44. The molecule has 3 fully saturated rings. The van der Waals surface area contributed by atoms with E-state index in [-0.39, 0.29) is 11.9 Å². The number of aromatic nitrogens is 1. The predicted molar refractivity (Wildman–Crippen MR) is 133 cm³/mol. The summed E-state index contributed by atoms with van der Waals surface area (Å²) >= 11 is 0. The minimum atomic E-state index is -0.671. The minimum Gasteiger partial charge on any atom is -0.497 e. The van der Waals surface area contributed by atoms with E-state index in [1.165, 1.54) is 0 Å². The summed E-state index contributed by atoms with van der Waals surface area (Å²) in [5, 5.41) is 15.8. The summed E-state index contributed by atoms with van der Waals surface area (Å²) in [5.74, 6) is 1.57. The van der Waals surface area contributed by atoms with Gasteiger partial charge in [0.05, 0.1) is 25.7 Å². The zero-order valence-electron chi connectivity index (χ0n) is 19.6. The molecular formula is C28H32N3O3+. The maximum atomic E-state index is 13.3. The Morgan fingerprint density at radius 2 is 2.06 bits per heavy atom. The van der Waals surface area contributed by atoms with Gasteiger partial charge < -0.3 is 19.6 Å². The molecule has 1 amide bonds. The fourth-order valence-corrected chi connectivity index (χ4v) is 6.13. The number of amides is 1. The Kier molecular flexibility index (Phi) is 6.11. The molecule has 3 aromatic rings. The third kappa shape index (κ3) is 4.08. The number of nitrogens with zero attached hydrogens (tertiary/aromatic N) is 2. The number of carbonyl (C=O) groups is 1. The van der Waals surface area contributed by atoms with Crippen molar-refractivity contribution in [3.8, 4) is 5.75 Å². The molecule has 0 saturated carbocycles. The minimum absolute atomic E-state index is 0.0369. The maximum absolute atomic E-state index is 13.3. The molecule has 6 nitrogen and oxygen atoms in total. The number of hydrogen-bond donors (Lipinski definition) is 2. The summed E-state index contributed by atoms with van der Waals surface area (Å²) in [6, 6.07) is 17.2. The zero-order valence-corrected chi connectivity index (χ0v) is 19.6. The number of rotatable bonds is 7. The average molecular weight is 459 g/mol. The number of nitrogens with one attached hydrogen (secondary N) is 1. The van der Waals surface area contributed by atoms with Gasteiger partial charge in [0.15, 0.2) is 6.54 Å². The Morgan fingerprint density at radius 1 is 1.26 bits per heavy atom. The molecule has 3 aliphatic rings. The quantitative estimate of drug-likeness (QED) is 0.408. The third-order valence-corrected chi connectivity index (χ3v) is 7.87. The summed E-state index contributed by atoms with van der Waals surface area (Å²) in [6.07, 6.45) is 5.07. The van der Waals surface area contributed by atoms with Crippen molar-refractivity contribution < 1.29 is 19.1 Å². The number of anilines is 1. The molecule has 3 saturated heterocycles. The second-order valence-electron chi connectivity index (χ2n) is 9.67. The van der Waals surface area contributed by atoms with Gasteiger partial charge in [-0.2, -0.15) is 0 Å². The van der Waals surface area contributed by atoms with Gasteiger partial charge in [0.1, 0.15) is 17.9 Å². The van der Waals surface area contributed by atoms with Crippen LogP contribution in [0.2, 0.25) is 0 Å². The summed E-state index contributed by atoms with van der Waals surface area (Å²) in [7, 11) is 1.62. The lowest BCUT2D eigenvalue weighted by Crippen LogP contribution is -2.69. The number of aliphatic hydroxyl groups excluding tert-OH is 1. The van der Waals surface area contributed by atoms with Crippen molar-refractivity contribution in [2.24, 2.45) is 11.8 Å². The van der Waals surface area contributed by atoms with Crippen LogP contribution in [0.5, 0.6) is 5.75 Å². The Morgan fingerprint density at radius 3 is 2.82 bits per heavy atom. The smallest absolute Gasteiger partial charge is 0.279 e. The van der Waals surface area contributed by atoms with Crippen molar-refractivity contribution in [1.82, 2.24) is 4.98 Å². The van der Waals surface area contributed by atoms with E-state index in [4.69, 9.17) is 4.74 Å². The van der Waals surface area contributed by atoms with Gasteiger partial charge in [-0.25, -0.2) is 0 Å². The van der Waals surface area contributed by atoms with Crippen LogP contribution < -0.4 is 10.1 Å². The lowest BCUT2D eigenvalue weighted by Gasteiger charge is -2.57. The highest BCUT2D eigenvalue weighted by Crippen LogP contribution is 2.47. The number of methoxy groups -OCH3 is 1. The first kappa shape index (κ1) is 22.6. The number of pyridine rings is 1. The lowest BCUT2D eigenvalue weighted by atomic mass is 9.71. The molecule has 34 heavy (non-hydrogen) atoms. The topological polar surface area (TPSA) is 71.5 Å². The number of carbonyl (C=O) groups excluding carboxylic acids is 1. The molecule has 5 atom stereocenters. The molecule has 6 rings (SSSR count). The largest absolute Gasteiger partial charge is 0.497 e. The van der Waals surface area contributed by atoms with E-state index in [9.17, 15) is 9.90 Å². The van der Waals surface area contributed by atoms with Crippen molar-refractivity contribution in [2.45, 2.75) is 25.0 Å². The van der Waals surface area contributed by atoms with Crippen LogP contribution in [-0.2, 0) is 4.79 Å². The fraction of sp³-hybridized carbons (Fsp3) is 0.357. The van der Waals surface area contributed by atoms with Gasteiger partial charge in [0.2, 0.25) is 0 Å². The Hall–Kier alpha value is -3.22. The standard InChI is InChI=1S/C28H31N3O3/c1-3-19-17-31(18-27(32)30-21-8-10-22(34-2)11-9-21)15-13-20(19)16-26(31)28(33)24-12-14-29-25-7-5-4-6-23(24)25/h3-12,14,19-20,26,28,33H,1,13,15-18H2,2H3/p+1/t19?,20?,26?,28?,31-/m0/s1. The predicted octanol–water partition coefficient (Wildman–Crippen LogP) is 4.33. The van der Waals surface area contributed by atoms with Crippen LogP contribution in [-0.4, -0.2) is 53.3 Å². The van der Waals surface area contributed by atoms with Gasteiger partial charge in [-0.05, 0) is 47.9 Å². The number of fused-ring (bicyclic) bond motifs is 4. The average Bonchev–Trinajstić information content (AvgIpc) is 2.88. The van der Waals surface area contributed by atoms with Gasteiger partial charge in [-0.15, -0.1) is 6.58 Å². The van der Waals surface area contributed by atoms with E-state index in [0.29, 0.717) is 22.9 Å². The molecular weight excluding hydrogens is 426 g/mol. The van der Waals surface area contributed by atoms with Crippen LogP contribution >= 0.6 is 0 Å². The monoisotopic (exact) mass is 458 g/mol. The second kappa shape index (κ2) is 9.20. The molecule has 0 spiro atoms. The number of quaternary nitrogens is 1. The number of aliphatic hydroxyl groups is 1. The molecule has 176 valence electrons. The first-order valence-electron chi connectivity index (χ1n) is 12.0. The highest BCUT2D eigenvalue weighted by atomic mass is 16.5. The van der Waals surface area contributed by atoms with E-state index in [1.54, 1.807) is 13.3 Å². The molecule has 0 radical (unpaired) electrons. The molecule has 2 N–H and O–H groups in total. The van der Waals surface area contributed by atoms with Crippen molar-refractivity contribution in [1.29, 1.82) is 0 Å². The number of piperidine rings is 3. The van der Waals surface area contributed by atoms with E-state index in [0.717, 1.165) is 53.8 Å². The Bertz CT molecular complexity index is 1190. The molecule has 2 bridgehead atoms. The van der Waals surface area contributed by atoms with Crippen LogP contribution in [0.4, 0.5) is 5.69 Å². The SMILES string of the molecule is C=CC1C[N@+]2(CC(=O)Nc3ccc(OC)cc3)CCC1CC2C(O)c1ccnc2ccccc12. The third-order valence-electron chi connectivity index (χ3n) is 7.87. The summed E-state index contributed by atoms with van der Waals surface area (Å²) in [6.45, 7) is 6.11. The van der Waals surface area contributed by atoms with Crippen LogP contribution in [0.3, 0.4) is 0 Å². The highest BCUT2D eigenvalue weighted by Gasteiger charge is 2.54. The van der Waals surface area contributed by atoms with Gasteiger partial charge in [-0.1, -0.05) is 24.3 Å². The number of benzene rings is 2. The number of ether oxygens (including phenoxy) is 1. The molecule has 4 heterocycles. The molecule has 4 unspecified atom stereocenters. The fourth-order valence-electron chi connectivity index (χ4n) is 6.13. The van der Waals surface area contributed by atoms with E-state index in [1.807, 2.05) is 60.7 Å². The molecule has 2 aromatic carbocycles. The van der Waals surface area contributed by atoms with Crippen molar-refractivity contribution >= 4 is 22.5 Å². The van der Waals surface area contributed by atoms with Gasteiger partial charge in [0, 0.05) is 36.0 Å². The van der Waals surface area contributed by atoms with Gasteiger partial charge >= 0.3 is 0 Å². The van der Waals surface area contributed by atoms with Crippen molar-refractivity contribution in [2.75, 3.05) is 32.1 Å². The summed E-state index contributed by atoms with van der Waals surface area (Å²) < 4.78 is 5.79. The Labute approximate surface area is 200 Å². The molecule has 6 heteroatoms. The number of hydrogen-bond acceptors (Lipinski definition) is 4. The lowest BCUT2D eigenvalue weighted by molar-refractivity contribution is -0.966. The summed E-state index contributed by atoms with van der Waals surface area (Å²) in [5.41, 5.74) is 2.52. The van der Waals surface area contributed by atoms with Crippen LogP contribution in [0.15, 0.2) is 73.4 Å². The summed E-state index contributed by atoms with van der Waals surface area (Å²) in [4.78, 5) is 17.7. The van der Waals surface area contributed by atoms with Crippen LogP contribution in [0, 0.1) is 11.8 Å². The van der Waals surface area contributed by atoms with Crippen molar-refractivity contribution in [3.05, 3.63) is 79.0 Å². The normalized spacial score (nSPS) is 26.7. The number of para-hydroxylation sites is 1. The molecule has 3 aliphatic heterocycles. The van der Waals surface area contributed by atoms with E-state index >= 15 is 0 Å². The van der Waals surface area contributed by atoms with Crippen LogP contribution in [0.25, 0.3) is 10.9 Å². The van der Waals surface area contributed by atoms with Crippen LogP contribution in [0.1, 0.15) is 24.5 Å². The zero-order chi connectivity index (χ0) is 23.7. The van der Waals surface area contributed by atoms with Gasteiger partial charge in [0.25, 0.3) is 5.91 Å². The van der Waals surface area contributed by atoms with E-state index in [2.05, 4.69) is 16.9 Å². The van der Waals surface area contributed by atoms with Crippen molar-refractivity contribution in [3.63, 3.8) is 0 Å². The first-order chi connectivity index (χ1) is 16.5. The highest BCUT2D eigenvalue weighted by molar-refractivity contribution is 5.91. The van der Waals surface area contributed by atoms with Gasteiger partial charge in [-0.3, -0.25) is 9.78 Å². The second-order valence-corrected chi connectivity index (χ2v) is 9.67. The molecule has 1 aromatic heterocycles.